The number of carbonyl (C=O) groups is 2. The summed E-state index contributed by atoms with van der Waals surface area (Å²) in [4.78, 5) is 31.6. The van der Waals surface area contributed by atoms with Crippen LogP contribution in [0.15, 0.2) is 84.9 Å². The number of rotatable bonds is 11. The normalized spacial score (nSPS) is 13.7. The molecule has 6 rings (SSSR count). The van der Waals surface area contributed by atoms with Crippen molar-refractivity contribution in [3.63, 3.8) is 0 Å². The van der Waals surface area contributed by atoms with Gasteiger partial charge in [-0.2, -0.15) is 0 Å². The molecule has 0 unspecified atom stereocenters. The van der Waals surface area contributed by atoms with E-state index in [1.807, 2.05) is 62.4 Å². The maximum absolute atomic E-state index is 13.6. The second-order valence-electron chi connectivity index (χ2n) is 12.4. The fraction of sp³-hybridized carbons (Fsp3) is 0.263. The van der Waals surface area contributed by atoms with Crippen LogP contribution in [0.1, 0.15) is 56.8 Å². The van der Waals surface area contributed by atoms with Crippen LogP contribution in [0.2, 0.25) is 10.0 Å². The largest absolute Gasteiger partial charge is 0.494 e. The maximum Gasteiger partial charge on any atom is 0.281 e. The second kappa shape index (κ2) is 15.2. The van der Waals surface area contributed by atoms with Gasteiger partial charge >= 0.3 is 0 Å². The van der Waals surface area contributed by atoms with Crippen LogP contribution in [0.5, 0.6) is 17.2 Å². The molecule has 1 aromatic heterocycles. The van der Waals surface area contributed by atoms with Gasteiger partial charge in [0.05, 0.1) is 11.9 Å². The number of aromatic amines is 1. The van der Waals surface area contributed by atoms with Gasteiger partial charge < -0.3 is 19.4 Å². The average molecular weight is 735 g/mol. The van der Waals surface area contributed by atoms with Gasteiger partial charge in [-0.25, -0.2) is 13.1 Å². The van der Waals surface area contributed by atoms with E-state index in [4.69, 9.17) is 32.7 Å². The van der Waals surface area contributed by atoms with Gasteiger partial charge in [0.15, 0.2) is 0 Å². The summed E-state index contributed by atoms with van der Waals surface area (Å²) in [6.45, 7) is 4.67. The zero-order valence-corrected chi connectivity index (χ0v) is 30.0. The molecule has 0 aliphatic carbocycles. The highest BCUT2D eigenvalue weighted by atomic mass is 35.5. The molecule has 0 radical (unpaired) electrons. The molecular formula is C38H37Cl2N3O6S. The van der Waals surface area contributed by atoms with Crippen molar-refractivity contribution in [2.75, 3.05) is 19.7 Å². The highest BCUT2D eigenvalue weighted by Crippen LogP contribution is 2.29. The van der Waals surface area contributed by atoms with E-state index < -0.39 is 21.2 Å². The lowest BCUT2D eigenvalue weighted by molar-refractivity contribution is 0.0724. The van der Waals surface area contributed by atoms with E-state index in [1.165, 1.54) is 0 Å². The summed E-state index contributed by atoms with van der Waals surface area (Å²) < 4.78 is 41.1. The fourth-order valence-electron chi connectivity index (χ4n) is 6.24. The number of H-pyrrole nitrogens is 1. The minimum Gasteiger partial charge on any atom is -0.494 e. The molecule has 260 valence electrons. The summed E-state index contributed by atoms with van der Waals surface area (Å²) in [7, 11) is -4.06. The number of para-hydroxylation sites is 1. The predicted molar refractivity (Wildman–Crippen MR) is 196 cm³/mol. The Hall–Kier alpha value is -4.51. The molecule has 1 aliphatic rings. The number of hydrogen-bond acceptors (Lipinski definition) is 6. The topological polar surface area (TPSA) is 118 Å². The third kappa shape index (κ3) is 8.09. The Bertz CT molecular complexity index is 2120. The molecule has 1 saturated heterocycles. The van der Waals surface area contributed by atoms with Crippen molar-refractivity contribution >= 4 is 55.9 Å². The molecule has 0 atom stereocenters. The van der Waals surface area contributed by atoms with Crippen LogP contribution < -0.4 is 14.2 Å². The van der Waals surface area contributed by atoms with E-state index in [0.717, 1.165) is 16.5 Å². The Morgan fingerprint density at radius 1 is 0.880 bits per heavy atom. The number of hydrogen-bond donors (Lipinski definition) is 2. The van der Waals surface area contributed by atoms with E-state index in [-0.39, 0.29) is 37.5 Å². The van der Waals surface area contributed by atoms with Crippen molar-refractivity contribution < 1.29 is 27.5 Å². The third-order valence-corrected chi connectivity index (χ3v) is 11.5. The molecular weight excluding hydrogens is 697 g/mol. The number of nitrogens with one attached hydrogen (secondary N) is 2. The number of halogens is 2. The maximum atomic E-state index is 13.6. The van der Waals surface area contributed by atoms with E-state index in [2.05, 4.69) is 9.71 Å². The lowest BCUT2D eigenvalue weighted by Gasteiger charge is -2.31. The number of fused-ring (bicyclic) bond motifs is 1. The van der Waals surface area contributed by atoms with Crippen LogP contribution in [0.25, 0.3) is 10.9 Å². The van der Waals surface area contributed by atoms with Gasteiger partial charge in [0.1, 0.15) is 22.9 Å². The molecule has 2 N–H and O–H groups in total. The van der Waals surface area contributed by atoms with E-state index in [1.54, 1.807) is 41.3 Å². The van der Waals surface area contributed by atoms with E-state index in [9.17, 15) is 18.0 Å². The number of aryl methyl sites for hydroxylation is 3. The molecule has 2 amide bonds. The first-order chi connectivity index (χ1) is 24.0. The molecule has 0 bridgehead atoms. The smallest absolute Gasteiger partial charge is 0.281 e. The monoisotopic (exact) mass is 733 g/mol. The lowest BCUT2D eigenvalue weighted by Crippen LogP contribution is -2.46. The molecule has 2 heterocycles. The van der Waals surface area contributed by atoms with Crippen LogP contribution in [0.4, 0.5) is 0 Å². The van der Waals surface area contributed by atoms with Gasteiger partial charge in [-0.3, -0.25) is 9.59 Å². The minimum absolute atomic E-state index is 0.161. The van der Waals surface area contributed by atoms with Crippen LogP contribution in [-0.4, -0.2) is 55.1 Å². The van der Waals surface area contributed by atoms with Gasteiger partial charge in [-0.15, -0.1) is 0 Å². The summed E-state index contributed by atoms with van der Waals surface area (Å²) in [5, 5.41) is 1.12. The molecule has 5 aromatic rings. The standard InChI is InChI=1S/C38H37Cl2N3O6S/c1-24-20-30(21-25(2)35(24)40)48-19-7-12-33-32-14-13-27(39)23-34(32)41-36(33)37(44)42-50(46,47)31-15-17-43(18-16-31)38(45)26-8-6-11-29(22-26)49-28-9-4-3-5-10-28/h3-6,8-11,13-14,20-23,31,41H,7,12,15-19H2,1-2H3,(H,42,44). The highest BCUT2D eigenvalue weighted by molar-refractivity contribution is 7.90. The van der Waals surface area contributed by atoms with Crippen molar-refractivity contribution in [3.8, 4) is 17.2 Å². The number of sulfonamides is 1. The Labute approximate surface area is 301 Å². The highest BCUT2D eigenvalue weighted by Gasteiger charge is 2.34. The number of aromatic nitrogens is 1. The van der Waals surface area contributed by atoms with Crippen LogP contribution in [0, 0.1) is 13.8 Å². The minimum atomic E-state index is -4.06. The average Bonchev–Trinajstić information content (AvgIpc) is 3.46. The number of ether oxygens (including phenoxy) is 2. The van der Waals surface area contributed by atoms with Crippen LogP contribution in [0.3, 0.4) is 0 Å². The van der Waals surface area contributed by atoms with Crippen molar-refractivity contribution in [1.29, 1.82) is 0 Å². The Kier molecular flexibility index (Phi) is 10.7. The second-order valence-corrected chi connectivity index (χ2v) is 15.2. The molecule has 50 heavy (non-hydrogen) atoms. The fourth-order valence-corrected chi connectivity index (χ4v) is 7.88. The number of amides is 2. The quantitative estimate of drug-likeness (QED) is 0.132. The van der Waals surface area contributed by atoms with Gasteiger partial charge in [-0.1, -0.05) is 53.5 Å². The molecule has 12 heteroatoms. The molecule has 9 nitrogen and oxygen atoms in total. The summed E-state index contributed by atoms with van der Waals surface area (Å²) in [6, 6.07) is 25.2. The lowest BCUT2D eigenvalue weighted by atomic mass is 10.1. The zero-order chi connectivity index (χ0) is 35.4. The van der Waals surface area contributed by atoms with Gasteiger partial charge in [0.2, 0.25) is 10.0 Å². The molecule has 0 saturated carbocycles. The van der Waals surface area contributed by atoms with Crippen molar-refractivity contribution in [2.45, 2.75) is 44.8 Å². The SMILES string of the molecule is Cc1cc(OCCCc2c(C(=O)NS(=O)(=O)C3CCN(C(=O)c4cccc(Oc5ccccc5)c4)CC3)[nH]c3cc(Cl)ccc23)cc(C)c1Cl. The first kappa shape index (κ1) is 35.3. The Morgan fingerprint density at radius 2 is 1.58 bits per heavy atom. The zero-order valence-electron chi connectivity index (χ0n) is 27.7. The number of carbonyl (C=O) groups excluding carboxylic acids is 2. The van der Waals surface area contributed by atoms with Crippen molar-refractivity contribution in [1.82, 2.24) is 14.6 Å². The first-order valence-corrected chi connectivity index (χ1v) is 18.7. The van der Waals surface area contributed by atoms with Crippen LogP contribution >= 0.6 is 23.2 Å². The van der Waals surface area contributed by atoms with Crippen LogP contribution in [-0.2, 0) is 16.4 Å². The van der Waals surface area contributed by atoms with Gasteiger partial charge in [0.25, 0.3) is 11.8 Å². The number of nitrogens with zero attached hydrogens (tertiary/aromatic N) is 1. The Morgan fingerprint density at radius 3 is 2.30 bits per heavy atom. The number of piperidine rings is 1. The third-order valence-electron chi connectivity index (χ3n) is 8.81. The van der Waals surface area contributed by atoms with E-state index >= 15 is 0 Å². The summed E-state index contributed by atoms with van der Waals surface area (Å²) in [5.41, 5.74) is 3.76. The predicted octanol–water partition coefficient (Wildman–Crippen LogP) is 8.26. The van der Waals surface area contributed by atoms with Gasteiger partial charge in [0, 0.05) is 39.6 Å². The summed E-state index contributed by atoms with van der Waals surface area (Å²) in [5.74, 6) is 0.931. The Balaban J connectivity index is 1.09. The summed E-state index contributed by atoms with van der Waals surface area (Å²) in [6.07, 6.45) is 1.39. The molecule has 4 aromatic carbocycles. The number of likely N-dealkylation sites (tertiary alicyclic amines) is 1. The summed E-state index contributed by atoms with van der Waals surface area (Å²) >= 11 is 12.5. The first-order valence-electron chi connectivity index (χ1n) is 16.4. The molecule has 0 spiro atoms. The van der Waals surface area contributed by atoms with E-state index in [0.29, 0.717) is 63.4 Å². The van der Waals surface area contributed by atoms with Crippen molar-refractivity contribution in [2.24, 2.45) is 0 Å². The number of benzene rings is 4. The molecule has 1 aliphatic heterocycles. The van der Waals surface area contributed by atoms with Crippen molar-refractivity contribution in [3.05, 3.63) is 123 Å². The van der Waals surface area contributed by atoms with Gasteiger partial charge in [-0.05, 0) is 111 Å². The molecule has 1 fully saturated rings.